The minimum absolute atomic E-state index is 0.238. The first kappa shape index (κ1) is 23.3. The number of benzene rings is 3. The highest BCUT2D eigenvalue weighted by Gasteiger charge is 2.17. The maximum absolute atomic E-state index is 12.4. The smallest absolute Gasteiger partial charge is 0.271 e. The van der Waals surface area contributed by atoms with Crippen LogP contribution >= 0.6 is 0 Å². The number of para-hydroxylation sites is 1. The van der Waals surface area contributed by atoms with Crippen molar-refractivity contribution in [3.05, 3.63) is 108 Å². The van der Waals surface area contributed by atoms with Gasteiger partial charge in [-0.15, -0.1) is 0 Å². The molecule has 3 aromatic rings. The van der Waals surface area contributed by atoms with Crippen LogP contribution < -0.4 is 15.1 Å². The van der Waals surface area contributed by atoms with Crippen LogP contribution in [0.1, 0.15) is 21.5 Å². The molecule has 0 unspecified atom stereocenters. The van der Waals surface area contributed by atoms with E-state index in [0.29, 0.717) is 12.2 Å². The molecule has 1 saturated heterocycles. The zero-order valence-corrected chi connectivity index (χ0v) is 19.3. The van der Waals surface area contributed by atoms with Gasteiger partial charge in [0.05, 0.1) is 6.21 Å². The van der Waals surface area contributed by atoms with Crippen LogP contribution in [0.15, 0.2) is 96.6 Å². The van der Waals surface area contributed by atoms with Crippen molar-refractivity contribution < 1.29 is 9.53 Å². The van der Waals surface area contributed by atoms with Crippen molar-refractivity contribution in [1.29, 1.82) is 0 Å². The van der Waals surface area contributed by atoms with Crippen LogP contribution in [0.5, 0.6) is 5.75 Å². The molecule has 1 N–H and O–H groups in total. The average Bonchev–Trinajstić information content (AvgIpc) is 2.89. The molecule has 1 amide bonds. The van der Waals surface area contributed by atoms with Gasteiger partial charge < -0.3 is 9.64 Å². The standard InChI is InChI=1S/C28H30N4O2/c1-2-19-34-27-10-6-7-24(20-27)21-29-30-28(33)25-13-11-23(12-14-25)22-31-15-17-32(18-16-31)26-8-4-3-5-9-26/h2-14,20-21H,1,15-19,22H2,(H,30,33)/b29-21-. The van der Waals surface area contributed by atoms with Gasteiger partial charge in [-0.3, -0.25) is 9.69 Å². The SMILES string of the molecule is C=CCOc1cccc(/C=N\NC(=O)c2ccc(CN3CCN(c4ccccc4)CC3)cc2)c1. The van der Waals surface area contributed by atoms with E-state index in [1.165, 1.54) is 11.3 Å². The number of carbonyl (C=O) groups is 1. The number of hydrogen-bond donors (Lipinski definition) is 1. The Hall–Kier alpha value is -3.90. The molecule has 4 rings (SSSR count). The first-order valence-corrected chi connectivity index (χ1v) is 11.5. The van der Waals surface area contributed by atoms with Crippen LogP contribution in [0.3, 0.4) is 0 Å². The summed E-state index contributed by atoms with van der Waals surface area (Å²) in [4.78, 5) is 17.3. The van der Waals surface area contributed by atoms with Crippen LogP contribution in [-0.2, 0) is 6.54 Å². The van der Waals surface area contributed by atoms with E-state index >= 15 is 0 Å². The molecule has 0 saturated carbocycles. The number of nitrogens with one attached hydrogen (secondary N) is 1. The molecular formula is C28H30N4O2. The highest BCUT2D eigenvalue weighted by molar-refractivity contribution is 5.94. The zero-order valence-electron chi connectivity index (χ0n) is 19.3. The summed E-state index contributed by atoms with van der Waals surface area (Å²) >= 11 is 0. The van der Waals surface area contributed by atoms with E-state index in [4.69, 9.17) is 4.74 Å². The Morgan fingerprint density at radius 2 is 1.74 bits per heavy atom. The van der Waals surface area contributed by atoms with Gasteiger partial charge in [0.15, 0.2) is 0 Å². The fourth-order valence-corrected chi connectivity index (χ4v) is 3.89. The topological polar surface area (TPSA) is 57.2 Å². The molecule has 174 valence electrons. The molecule has 1 heterocycles. The van der Waals surface area contributed by atoms with E-state index in [-0.39, 0.29) is 5.91 Å². The Bertz CT molecular complexity index is 1100. The van der Waals surface area contributed by atoms with Crippen molar-refractivity contribution >= 4 is 17.8 Å². The normalized spacial score (nSPS) is 14.2. The molecule has 34 heavy (non-hydrogen) atoms. The Kier molecular flexibility index (Phi) is 8.08. The van der Waals surface area contributed by atoms with E-state index in [9.17, 15) is 4.79 Å². The summed E-state index contributed by atoms with van der Waals surface area (Å²) in [7, 11) is 0. The molecule has 6 heteroatoms. The first-order chi connectivity index (χ1) is 16.7. The summed E-state index contributed by atoms with van der Waals surface area (Å²) in [6.45, 7) is 9.04. The lowest BCUT2D eigenvalue weighted by molar-refractivity contribution is 0.0955. The maximum Gasteiger partial charge on any atom is 0.271 e. The lowest BCUT2D eigenvalue weighted by Crippen LogP contribution is -2.45. The van der Waals surface area contributed by atoms with Gasteiger partial charge in [-0.1, -0.05) is 55.1 Å². The molecular weight excluding hydrogens is 424 g/mol. The second-order valence-electron chi connectivity index (χ2n) is 8.17. The third-order valence-electron chi connectivity index (χ3n) is 5.72. The van der Waals surface area contributed by atoms with E-state index < -0.39 is 0 Å². The largest absolute Gasteiger partial charge is 0.490 e. The third-order valence-corrected chi connectivity index (χ3v) is 5.72. The highest BCUT2D eigenvalue weighted by Crippen LogP contribution is 2.17. The Morgan fingerprint density at radius 1 is 0.971 bits per heavy atom. The number of amides is 1. The molecule has 1 aliphatic heterocycles. The predicted molar refractivity (Wildman–Crippen MR) is 138 cm³/mol. The van der Waals surface area contributed by atoms with E-state index in [0.717, 1.165) is 44.0 Å². The summed E-state index contributed by atoms with van der Waals surface area (Å²) in [5.74, 6) is 0.491. The van der Waals surface area contributed by atoms with Crippen molar-refractivity contribution in [3.63, 3.8) is 0 Å². The van der Waals surface area contributed by atoms with Gasteiger partial charge in [0.25, 0.3) is 5.91 Å². The van der Waals surface area contributed by atoms with Crippen LogP contribution in [-0.4, -0.2) is 49.8 Å². The fourth-order valence-electron chi connectivity index (χ4n) is 3.89. The number of hydrazone groups is 1. The molecule has 0 spiro atoms. The number of ether oxygens (including phenoxy) is 1. The van der Waals surface area contributed by atoms with Gasteiger partial charge in [-0.2, -0.15) is 5.10 Å². The summed E-state index contributed by atoms with van der Waals surface area (Å²) in [6.07, 6.45) is 3.29. The van der Waals surface area contributed by atoms with Crippen molar-refractivity contribution in [2.75, 3.05) is 37.7 Å². The van der Waals surface area contributed by atoms with Crippen LogP contribution in [0, 0.1) is 0 Å². The number of rotatable bonds is 9. The lowest BCUT2D eigenvalue weighted by Gasteiger charge is -2.36. The van der Waals surface area contributed by atoms with Crippen LogP contribution in [0.4, 0.5) is 5.69 Å². The van der Waals surface area contributed by atoms with Crippen molar-refractivity contribution in [3.8, 4) is 5.75 Å². The van der Waals surface area contributed by atoms with Gasteiger partial charge in [-0.25, -0.2) is 5.43 Å². The minimum Gasteiger partial charge on any atom is -0.490 e. The summed E-state index contributed by atoms with van der Waals surface area (Å²) in [6, 6.07) is 25.8. The first-order valence-electron chi connectivity index (χ1n) is 11.5. The summed E-state index contributed by atoms with van der Waals surface area (Å²) in [5, 5.41) is 4.07. The summed E-state index contributed by atoms with van der Waals surface area (Å²) < 4.78 is 5.51. The van der Waals surface area contributed by atoms with Crippen LogP contribution in [0.2, 0.25) is 0 Å². The molecule has 6 nitrogen and oxygen atoms in total. The predicted octanol–water partition coefficient (Wildman–Crippen LogP) is 4.34. The monoisotopic (exact) mass is 454 g/mol. The molecule has 0 atom stereocenters. The maximum atomic E-state index is 12.4. The van der Waals surface area contributed by atoms with Gasteiger partial charge >= 0.3 is 0 Å². The number of anilines is 1. The number of piperazine rings is 1. The Labute approximate surface area is 201 Å². The Morgan fingerprint density at radius 3 is 2.47 bits per heavy atom. The van der Waals surface area contributed by atoms with Gasteiger partial charge in [0, 0.05) is 44.0 Å². The lowest BCUT2D eigenvalue weighted by atomic mass is 10.1. The molecule has 0 bridgehead atoms. The molecule has 1 fully saturated rings. The zero-order chi connectivity index (χ0) is 23.6. The second kappa shape index (κ2) is 11.8. The fraction of sp³-hybridized carbons (Fsp3) is 0.214. The second-order valence-corrected chi connectivity index (χ2v) is 8.17. The molecule has 0 radical (unpaired) electrons. The van der Waals surface area contributed by atoms with Crippen LogP contribution in [0.25, 0.3) is 0 Å². The van der Waals surface area contributed by atoms with E-state index in [1.807, 2.05) is 48.5 Å². The number of hydrogen-bond acceptors (Lipinski definition) is 5. The summed E-state index contributed by atoms with van der Waals surface area (Å²) in [5.41, 5.74) is 6.49. The average molecular weight is 455 g/mol. The van der Waals surface area contributed by atoms with Gasteiger partial charge in [0.1, 0.15) is 12.4 Å². The number of carbonyl (C=O) groups excluding carboxylic acids is 1. The van der Waals surface area contributed by atoms with E-state index in [2.05, 4.69) is 57.2 Å². The third kappa shape index (κ3) is 6.56. The minimum atomic E-state index is -0.238. The highest BCUT2D eigenvalue weighted by atomic mass is 16.5. The molecule has 0 aliphatic carbocycles. The van der Waals surface area contributed by atoms with Gasteiger partial charge in [-0.05, 0) is 47.5 Å². The van der Waals surface area contributed by atoms with E-state index in [1.54, 1.807) is 12.3 Å². The molecule has 3 aromatic carbocycles. The Balaban J connectivity index is 1.24. The quantitative estimate of drug-likeness (QED) is 0.297. The van der Waals surface area contributed by atoms with Crippen molar-refractivity contribution in [1.82, 2.24) is 10.3 Å². The molecule has 1 aliphatic rings. The number of nitrogens with zero attached hydrogens (tertiary/aromatic N) is 3. The van der Waals surface area contributed by atoms with Crippen molar-refractivity contribution in [2.45, 2.75) is 6.54 Å². The van der Waals surface area contributed by atoms with Crippen molar-refractivity contribution in [2.24, 2.45) is 5.10 Å². The van der Waals surface area contributed by atoms with Gasteiger partial charge in [0.2, 0.25) is 0 Å². The molecule has 0 aromatic heterocycles.